The Morgan fingerprint density at radius 1 is 1.22 bits per heavy atom. The van der Waals surface area contributed by atoms with E-state index in [-0.39, 0.29) is 0 Å². The van der Waals surface area contributed by atoms with Crippen molar-refractivity contribution in [2.75, 3.05) is 6.54 Å². The average molecular weight is 358 g/mol. The molecule has 23 heavy (non-hydrogen) atoms. The summed E-state index contributed by atoms with van der Waals surface area (Å²) >= 11 is 12.1. The first kappa shape index (κ1) is 17.6. The third-order valence-electron chi connectivity index (χ3n) is 3.56. The van der Waals surface area contributed by atoms with Crippen LogP contribution in [-0.4, -0.2) is 31.8 Å². The van der Waals surface area contributed by atoms with Crippen molar-refractivity contribution in [3.8, 4) is 0 Å². The summed E-state index contributed by atoms with van der Waals surface area (Å²) < 4.78 is 3.76. The lowest BCUT2D eigenvalue weighted by Crippen LogP contribution is -2.37. The van der Waals surface area contributed by atoms with Crippen molar-refractivity contribution in [2.24, 2.45) is 19.1 Å². The molecule has 0 aliphatic rings. The SMILES string of the molecule is CCNC(=NCc1cc(Cl)c(Cl)n1C)NCc1nnc(C)n1C. The van der Waals surface area contributed by atoms with Crippen LogP contribution in [0.15, 0.2) is 11.1 Å². The molecule has 0 atom stereocenters. The van der Waals surface area contributed by atoms with E-state index in [9.17, 15) is 0 Å². The normalized spacial score (nSPS) is 11.8. The van der Waals surface area contributed by atoms with Gasteiger partial charge in [-0.1, -0.05) is 23.2 Å². The molecule has 2 N–H and O–H groups in total. The number of nitrogens with one attached hydrogen (secondary N) is 2. The maximum Gasteiger partial charge on any atom is 0.192 e. The maximum absolute atomic E-state index is 6.07. The molecule has 0 spiro atoms. The molecule has 126 valence electrons. The molecule has 7 nitrogen and oxygen atoms in total. The number of rotatable bonds is 5. The Hall–Kier alpha value is -1.73. The minimum absolute atomic E-state index is 0.468. The van der Waals surface area contributed by atoms with Crippen LogP contribution in [0.1, 0.15) is 24.3 Å². The Bertz CT molecular complexity index is 702. The van der Waals surface area contributed by atoms with E-state index in [0.717, 1.165) is 23.9 Å². The monoisotopic (exact) mass is 357 g/mol. The maximum atomic E-state index is 6.07. The second kappa shape index (κ2) is 7.70. The number of guanidine groups is 1. The lowest BCUT2D eigenvalue weighted by molar-refractivity contribution is 0.716. The lowest BCUT2D eigenvalue weighted by Gasteiger charge is -2.11. The van der Waals surface area contributed by atoms with Gasteiger partial charge in [-0.3, -0.25) is 0 Å². The first-order chi connectivity index (χ1) is 10.9. The van der Waals surface area contributed by atoms with Gasteiger partial charge >= 0.3 is 0 Å². The summed E-state index contributed by atoms with van der Waals surface area (Å²) in [7, 11) is 3.80. The van der Waals surface area contributed by atoms with E-state index in [1.165, 1.54) is 0 Å². The Kier molecular flexibility index (Phi) is 5.90. The zero-order valence-corrected chi connectivity index (χ0v) is 15.2. The Morgan fingerprint density at radius 2 is 1.96 bits per heavy atom. The van der Waals surface area contributed by atoms with Gasteiger partial charge in [-0.2, -0.15) is 0 Å². The van der Waals surface area contributed by atoms with Gasteiger partial charge in [0, 0.05) is 26.3 Å². The van der Waals surface area contributed by atoms with E-state index >= 15 is 0 Å². The van der Waals surface area contributed by atoms with Crippen LogP contribution in [0.25, 0.3) is 0 Å². The molecule has 0 aliphatic carbocycles. The van der Waals surface area contributed by atoms with Crippen molar-refractivity contribution in [1.82, 2.24) is 30.0 Å². The summed E-state index contributed by atoms with van der Waals surface area (Å²) in [4.78, 5) is 4.55. The number of aromatic nitrogens is 4. The van der Waals surface area contributed by atoms with Gasteiger partial charge in [0.15, 0.2) is 11.8 Å². The molecule has 2 aromatic heterocycles. The third kappa shape index (κ3) is 4.17. The molecule has 0 aliphatic heterocycles. The summed E-state index contributed by atoms with van der Waals surface area (Å²) in [6.07, 6.45) is 0. The average Bonchev–Trinajstić information content (AvgIpc) is 2.97. The van der Waals surface area contributed by atoms with E-state index in [4.69, 9.17) is 23.2 Å². The topological polar surface area (TPSA) is 72.1 Å². The highest BCUT2D eigenvalue weighted by Gasteiger charge is 2.09. The Morgan fingerprint density at radius 3 is 2.48 bits per heavy atom. The van der Waals surface area contributed by atoms with Gasteiger partial charge in [0.2, 0.25) is 0 Å². The summed E-state index contributed by atoms with van der Waals surface area (Å²) in [6, 6.07) is 1.82. The number of hydrogen-bond acceptors (Lipinski definition) is 3. The summed E-state index contributed by atoms with van der Waals surface area (Å²) in [5, 5.41) is 15.7. The Labute approximate surface area is 145 Å². The van der Waals surface area contributed by atoms with E-state index in [1.54, 1.807) is 0 Å². The van der Waals surface area contributed by atoms with Crippen molar-refractivity contribution in [3.05, 3.63) is 33.6 Å². The molecule has 0 bridgehead atoms. The minimum atomic E-state index is 0.468. The number of halogens is 2. The molecule has 0 amide bonds. The highest BCUT2D eigenvalue weighted by atomic mass is 35.5. The van der Waals surface area contributed by atoms with Gasteiger partial charge in [0.25, 0.3) is 0 Å². The molecule has 2 rings (SSSR count). The summed E-state index contributed by atoms with van der Waals surface area (Å²) in [5.74, 6) is 2.41. The molecular weight excluding hydrogens is 337 g/mol. The fourth-order valence-corrected chi connectivity index (χ4v) is 2.43. The van der Waals surface area contributed by atoms with Crippen molar-refractivity contribution in [3.63, 3.8) is 0 Å². The summed E-state index contributed by atoms with van der Waals surface area (Å²) in [6.45, 7) is 5.70. The van der Waals surface area contributed by atoms with Crippen LogP contribution >= 0.6 is 23.2 Å². The van der Waals surface area contributed by atoms with Crippen molar-refractivity contribution in [1.29, 1.82) is 0 Å². The van der Waals surface area contributed by atoms with E-state index < -0.39 is 0 Å². The quantitative estimate of drug-likeness (QED) is 0.634. The van der Waals surface area contributed by atoms with Crippen LogP contribution in [0.5, 0.6) is 0 Å². The van der Waals surface area contributed by atoms with Crippen LogP contribution < -0.4 is 10.6 Å². The van der Waals surface area contributed by atoms with Crippen LogP contribution in [0.4, 0.5) is 0 Å². The zero-order valence-electron chi connectivity index (χ0n) is 13.7. The lowest BCUT2D eigenvalue weighted by atomic mass is 10.4. The minimum Gasteiger partial charge on any atom is -0.357 e. The fraction of sp³-hybridized carbons (Fsp3) is 0.500. The predicted octanol–water partition coefficient (Wildman–Crippen LogP) is 2.02. The van der Waals surface area contributed by atoms with E-state index in [0.29, 0.717) is 29.2 Å². The summed E-state index contributed by atoms with van der Waals surface area (Å²) in [5.41, 5.74) is 0.937. The standard InChI is InChI=1S/C14H21Cl2N7/c1-5-17-14(19-8-12-21-20-9(2)22(12)3)18-7-10-6-11(15)13(16)23(10)4/h6H,5,7-8H2,1-4H3,(H2,17,18,19). The molecule has 0 unspecified atom stereocenters. The second-order valence-electron chi connectivity index (χ2n) is 5.10. The smallest absolute Gasteiger partial charge is 0.192 e. The molecule has 0 fully saturated rings. The van der Waals surface area contributed by atoms with E-state index in [1.807, 2.05) is 43.1 Å². The highest BCUT2D eigenvalue weighted by molar-refractivity contribution is 6.41. The first-order valence-electron chi connectivity index (χ1n) is 7.30. The molecule has 0 radical (unpaired) electrons. The van der Waals surface area contributed by atoms with Gasteiger partial charge in [-0.15, -0.1) is 10.2 Å². The van der Waals surface area contributed by atoms with Gasteiger partial charge in [-0.25, -0.2) is 4.99 Å². The zero-order chi connectivity index (χ0) is 17.0. The van der Waals surface area contributed by atoms with E-state index in [2.05, 4.69) is 25.8 Å². The number of hydrogen-bond donors (Lipinski definition) is 2. The molecule has 9 heteroatoms. The van der Waals surface area contributed by atoms with Gasteiger partial charge in [0.1, 0.15) is 11.0 Å². The fourth-order valence-electron chi connectivity index (χ4n) is 2.01. The van der Waals surface area contributed by atoms with Crippen molar-refractivity contribution >= 4 is 29.2 Å². The van der Waals surface area contributed by atoms with Crippen LogP contribution in [0.3, 0.4) is 0 Å². The highest BCUT2D eigenvalue weighted by Crippen LogP contribution is 2.25. The van der Waals surface area contributed by atoms with Crippen molar-refractivity contribution in [2.45, 2.75) is 26.9 Å². The predicted molar refractivity (Wildman–Crippen MR) is 92.8 cm³/mol. The largest absolute Gasteiger partial charge is 0.357 e. The molecule has 0 saturated heterocycles. The van der Waals surface area contributed by atoms with Crippen LogP contribution in [-0.2, 0) is 27.2 Å². The second-order valence-corrected chi connectivity index (χ2v) is 5.87. The third-order valence-corrected chi connectivity index (χ3v) is 4.40. The molecule has 0 saturated carbocycles. The van der Waals surface area contributed by atoms with Gasteiger partial charge in [0.05, 0.1) is 18.1 Å². The first-order valence-corrected chi connectivity index (χ1v) is 8.06. The van der Waals surface area contributed by atoms with Crippen LogP contribution in [0.2, 0.25) is 10.2 Å². The van der Waals surface area contributed by atoms with Gasteiger partial charge < -0.3 is 19.8 Å². The number of aliphatic imine (C=N–C) groups is 1. The molecular formula is C14H21Cl2N7. The Balaban J connectivity index is 2.05. The molecule has 0 aromatic carbocycles. The van der Waals surface area contributed by atoms with Crippen LogP contribution in [0, 0.1) is 6.92 Å². The van der Waals surface area contributed by atoms with Crippen molar-refractivity contribution < 1.29 is 0 Å². The number of nitrogens with zero attached hydrogens (tertiary/aromatic N) is 5. The van der Waals surface area contributed by atoms with Gasteiger partial charge in [-0.05, 0) is 19.9 Å². The molecule has 2 aromatic rings. The number of aryl methyl sites for hydroxylation is 1. The molecule has 2 heterocycles.